The number of halogens is 2. The molecule has 0 unspecified atom stereocenters. The summed E-state index contributed by atoms with van der Waals surface area (Å²) >= 11 is 11.1. The Bertz CT molecular complexity index is 5600. The lowest BCUT2D eigenvalue weighted by Crippen LogP contribution is -2.35. The van der Waals surface area contributed by atoms with Crippen LogP contribution < -0.4 is 16.4 Å². The molecular formula is C90H86Cl2N18O9. The monoisotopic (exact) mass is 1630 g/mol. The van der Waals surface area contributed by atoms with Crippen LogP contribution in [0.15, 0.2) is 277 Å². The van der Waals surface area contributed by atoms with E-state index in [0.29, 0.717) is 72.1 Å². The number of nitrogens with zero attached hydrogens (tertiary/aromatic N) is 15. The molecule has 119 heavy (non-hydrogen) atoms. The van der Waals surface area contributed by atoms with Gasteiger partial charge in [0.2, 0.25) is 0 Å². The Labute approximate surface area is 697 Å². The van der Waals surface area contributed by atoms with Crippen LogP contribution >= 0.6 is 23.2 Å². The predicted octanol–water partition coefficient (Wildman–Crippen LogP) is 15.4. The fraction of sp³-hybridized carbons (Fsp3) is 0.222. The SMILES string of the molecule is CC(C)(C)OC(=O)N1CC[C@@H](CC(=O)c2cc(-c3ccccc3)cnn2)C1.COC(=O)c1cc(-c2ccccc2)cnn1.Clc1cc(-c2ccccc2)cnn1.N#CN1CC[C@@H](CC(=O)c2cc(-c3ccccc3)cnn2)C1.O=C(C[C@@H]1CCNC1)c1cc(-c2ccccc2)cnn1.O=c1cc(-c2ccccc2)cn[nH]1.O=c1cc(Cl)cn[nH]1. The molecule has 3 aliphatic heterocycles. The van der Waals surface area contributed by atoms with E-state index in [1.165, 1.54) is 25.4 Å². The minimum atomic E-state index is -0.515. The highest BCUT2D eigenvalue weighted by Gasteiger charge is 2.32. The second kappa shape index (κ2) is 45.4. The average molecular weight is 1630 g/mol. The first kappa shape index (κ1) is 87.4. The Balaban J connectivity index is 0.000000150. The number of aromatic amines is 2. The van der Waals surface area contributed by atoms with Crippen LogP contribution in [-0.4, -0.2) is 163 Å². The predicted molar refractivity (Wildman–Crippen MR) is 453 cm³/mol. The molecule has 3 aliphatic rings. The third-order valence-corrected chi connectivity index (χ3v) is 18.8. The molecule has 3 atom stereocenters. The lowest BCUT2D eigenvalue weighted by atomic mass is 9.99. The van der Waals surface area contributed by atoms with Gasteiger partial charge in [0.25, 0.3) is 11.1 Å². The van der Waals surface area contributed by atoms with Gasteiger partial charge >= 0.3 is 12.1 Å². The zero-order chi connectivity index (χ0) is 84.1. The Morgan fingerprint density at radius 2 is 0.798 bits per heavy atom. The number of nitriles is 1. The number of hydrogen-bond donors (Lipinski definition) is 3. The summed E-state index contributed by atoms with van der Waals surface area (Å²) in [5, 5.41) is 63.4. The van der Waals surface area contributed by atoms with E-state index in [0.717, 1.165) is 106 Å². The zero-order valence-corrected chi connectivity index (χ0v) is 67.3. The molecule has 3 N–H and O–H groups in total. The van der Waals surface area contributed by atoms with Crippen LogP contribution in [0.25, 0.3) is 66.8 Å². The largest absolute Gasteiger partial charge is 0.464 e. The van der Waals surface area contributed by atoms with Gasteiger partial charge < -0.3 is 24.6 Å². The summed E-state index contributed by atoms with van der Waals surface area (Å²) in [6.45, 7) is 10.0. The summed E-state index contributed by atoms with van der Waals surface area (Å²) < 4.78 is 9.99. The number of likely N-dealkylation sites (tertiary alicyclic amines) is 2. The molecule has 1 amide bonds. The van der Waals surface area contributed by atoms with Crippen LogP contribution in [0.4, 0.5) is 4.79 Å². The molecule has 0 saturated carbocycles. The maximum atomic E-state index is 12.7. The number of Topliss-reactive ketones (excluding diaryl/α,β-unsaturated/α-hetero) is 3. The minimum Gasteiger partial charge on any atom is -0.464 e. The Morgan fingerprint density at radius 3 is 1.15 bits per heavy atom. The van der Waals surface area contributed by atoms with E-state index in [9.17, 15) is 33.6 Å². The van der Waals surface area contributed by atoms with E-state index in [1.807, 2.05) is 209 Å². The van der Waals surface area contributed by atoms with Crippen molar-refractivity contribution in [2.45, 2.75) is 64.9 Å². The number of esters is 1. The van der Waals surface area contributed by atoms with Crippen molar-refractivity contribution < 1.29 is 33.4 Å². The molecule has 16 rings (SSSR count). The number of benzene rings is 6. The molecule has 0 aliphatic carbocycles. The number of carbonyl (C=O) groups excluding carboxylic acids is 5. The maximum absolute atomic E-state index is 12.7. The van der Waals surface area contributed by atoms with Gasteiger partial charge in [0, 0.05) is 91.0 Å². The van der Waals surface area contributed by atoms with Crippen molar-refractivity contribution >= 4 is 52.6 Å². The molecule has 0 spiro atoms. The molecule has 10 heterocycles. The Hall–Kier alpha value is -13.9. The molecular weight excluding hydrogens is 1550 g/mol. The van der Waals surface area contributed by atoms with Gasteiger partial charge in [0.15, 0.2) is 34.4 Å². The van der Waals surface area contributed by atoms with Crippen molar-refractivity contribution in [2.75, 3.05) is 46.4 Å². The molecule has 13 aromatic rings. The summed E-state index contributed by atoms with van der Waals surface area (Å²) in [5.41, 5.74) is 12.0. The number of hydrogen-bond acceptors (Lipinski definition) is 24. The number of aromatic nitrogens is 14. The van der Waals surface area contributed by atoms with Gasteiger partial charge in [0.05, 0.1) is 55.5 Å². The first-order valence-corrected chi connectivity index (χ1v) is 38.9. The number of nitrogens with one attached hydrogen (secondary N) is 3. The highest BCUT2D eigenvalue weighted by molar-refractivity contribution is 6.30. The van der Waals surface area contributed by atoms with Crippen molar-refractivity contribution in [3.8, 4) is 73.0 Å². The molecule has 0 bridgehead atoms. The van der Waals surface area contributed by atoms with Crippen LogP contribution in [0.2, 0.25) is 10.2 Å². The van der Waals surface area contributed by atoms with Crippen LogP contribution in [0.1, 0.15) is 101 Å². The first-order chi connectivity index (χ1) is 57.7. The number of ether oxygens (including phenoxy) is 2. The van der Waals surface area contributed by atoms with Gasteiger partial charge in [-0.15, -0.1) is 25.5 Å². The maximum Gasteiger partial charge on any atom is 0.410 e. The smallest absolute Gasteiger partial charge is 0.410 e. The number of carbonyl (C=O) groups is 5. The van der Waals surface area contributed by atoms with E-state index in [2.05, 4.69) is 87.6 Å². The highest BCUT2D eigenvalue weighted by atomic mass is 35.5. The number of rotatable bonds is 16. The second-order valence-corrected chi connectivity index (χ2v) is 29.2. The third-order valence-electron chi connectivity index (χ3n) is 18.4. The zero-order valence-electron chi connectivity index (χ0n) is 65.8. The van der Waals surface area contributed by atoms with Crippen molar-refractivity contribution in [2.24, 2.45) is 17.8 Å². The molecule has 29 heteroatoms. The van der Waals surface area contributed by atoms with E-state index in [1.54, 1.807) is 71.2 Å². The molecule has 27 nitrogen and oxygen atoms in total. The quantitative estimate of drug-likeness (QED) is 0.0459. The summed E-state index contributed by atoms with van der Waals surface area (Å²) in [4.78, 5) is 85.3. The standard InChI is InChI=1S/C21H25N3O3.C17H16N4O.C16H17N3O.C12H10N2O2.C10H7ClN2.C10H8N2O.C4H3ClN2O/c1-21(2,3)27-20(26)24-10-9-15(14-24)11-19(25)18-12-17(13-22-23-18)16-7-5-4-6-8-16;18-12-21-7-6-13(11-21)8-17(22)16-9-15(10-19-20-16)14-4-2-1-3-5-14;20-16(8-12-6-7-17-10-12)15-9-14(11-18-19-15)13-4-2-1-3-5-13;1-16-12(15)11-7-10(8-13-14-11)9-5-3-2-4-6-9;11-10-6-9(7-12-13-10)8-4-2-1-3-5-8;13-10-6-9(7-11-12-10)8-4-2-1-3-5-8;5-3-1-4(8)7-6-2-3/h4-8,12-13,15H,9-11,14H2,1-3H3;1-5,9-10,13H,6-8,11H2;1-5,9,11-12,17H,6-8,10H2;2-8H,1H3;1-7H;1-7H,(H,12,13);1-2H,(H,7,8)/t15-;13-;12-;;;;/m000..../s1. The van der Waals surface area contributed by atoms with Gasteiger partial charge in [-0.25, -0.2) is 19.8 Å². The molecule has 604 valence electrons. The van der Waals surface area contributed by atoms with Crippen LogP contribution in [-0.2, 0) is 9.47 Å². The first-order valence-electron chi connectivity index (χ1n) is 38.1. The fourth-order valence-corrected chi connectivity index (χ4v) is 12.8. The van der Waals surface area contributed by atoms with Crippen molar-refractivity contribution in [3.63, 3.8) is 0 Å². The van der Waals surface area contributed by atoms with E-state index >= 15 is 0 Å². The molecule has 7 aromatic heterocycles. The van der Waals surface area contributed by atoms with Gasteiger partial charge in [-0.3, -0.25) is 24.0 Å². The van der Waals surface area contributed by atoms with Gasteiger partial charge in [0.1, 0.15) is 22.7 Å². The number of methoxy groups -OCH3 is 1. The summed E-state index contributed by atoms with van der Waals surface area (Å²) in [7, 11) is 1.32. The highest BCUT2D eigenvalue weighted by Crippen LogP contribution is 2.28. The van der Waals surface area contributed by atoms with Gasteiger partial charge in [-0.1, -0.05) is 205 Å². The Morgan fingerprint density at radius 1 is 0.437 bits per heavy atom. The topological polar surface area (TPSA) is 367 Å². The van der Waals surface area contributed by atoms with E-state index < -0.39 is 11.6 Å². The van der Waals surface area contributed by atoms with Crippen LogP contribution in [0.5, 0.6) is 0 Å². The number of ketones is 3. The van der Waals surface area contributed by atoms with E-state index in [4.69, 9.17) is 33.2 Å². The van der Waals surface area contributed by atoms with Crippen molar-refractivity contribution in [1.82, 2.24) is 86.5 Å². The summed E-state index contributed by atoms with van der Waals surface area (Å²) in [6.07, 6.45) is 17.2. The summed E-state index contributed by atoms with van der Waals surface area (Å²) in [5.74, 6) is 0.340. The molecule has 0 radical (unpaired) electrons. The fourth-order valence-electron chi connectivity index (χ4n) is 12.5. The summed E-state index contributed by atoms with van der Waals surface area (Å²) in [6, 6.07) is 70.5. The third kappa shape index (κ3) is 28.8. The lowest BCUT2D eigenvalue weighted by Gasteiger charge is -2.24. The molecule has 3 fully saturated rings. The minimum absolute atomic E-state index is 0.00456. The second-order valence-electron chi connectivity index (χ2n) is 28.4. The van der Waals surface area contributed by atoms with Crippen LogP contribution in [0.3, 0.4) is 0 Å². The van der Waals surface area contributed by atoms with Gasteiger partial charge in [-0.05, 0) is 135 Å². The molecule has 6 aromatic carbocycles. The lowest BCUT2D eigenvalue weighted by molar-refractivity contribution is 0.0286. The van der Waals surface area contributed by atoms with E-state index in [-0.39, 0.29) is 52.1 Å². The van der Waals surface area contributed by atoms with Gasteiger partial charge in [-0.2, -0.15) is 41.0 Å². The number of amides is 1. The Kier molecular flexibility index (Phi) is 33.3. The normalized spacial score (nSPS) is 14.2. The average Bonchev–Trinajstić information content (AvgIpc) is 1.80. The van der Waals surface area contributed by atoms with Crippen molar-refractivity contribution in [3.05, 3.63) is 321 Å². The van der Waals surface area contributed by atoms with Crippen LogP contribution in [0, 0.1) is 29.2 Å². The number of H-pyrrole nitrogens is 2. The molecule has 3 saturated heterocycles. The van der Waals surface area contributed by atoms with Crippen molar-refractivity contribution in [1.29, 1.82) is 5.26 Å².